The van der Waals surface area contributed by atoms with Gasteiger partial charge in [-0.2, -0.15) is 0 Å². The maximum absolute atomic E-state index is 12.0. The molecule has 1 aromatic heterocycles. The highest BCUT2D eigenvalue weighted by atomic mass is 16.4. The third-order valence-electron chi connectivity index (χ3n) is 5.29. The summed E-state index contributed by atoms with van der Waals surface area (Å²) in [6.07, 6.45) is 0. The number of fused-ring (bicyclic) bond motifs is 1. The molecule has 4 aromatic rings. The van der Waals surface area contributed by atoms with Gasteiger partial charge in [-0.1, -0.05) is 60.7 Å². The molecule has 3 aromatic carbocycles. The summed E-state index contributed by atoms with van der Waals surface area (Å²) in [6.45, 7) is 3.01. The first-order valence-electron chi connectivity index (χ1n) is 9.69. The van der Waals surface area contributed by atoms with Gasteiger partial charge in [0.15, 0.2) is 0 Å². The molecule has 0 unspecified atom stereocenters. The monoisotopic (exact) mass is 385 g/mol. The lowest BCUT2D eigenvalue weighted by Gasteiger charge is -2.19. The van der Waals surface area contributed by atoms with E-state index in [1.807, 2.05) is 12.1 Å². The van der Waals surface area contributed by atoms with Gasteiger partial charge in [0.1, 0.15) is 11.3 Å². The molecular formula is C25H23NO3. The lowest BCUT2D eigenvalue weighted by molar-refractivity contribution is 0.468. The van der Waals surface area contributed by atoms with Crippen molar-refractivity contribution in [2.45, 2.75) is 19.4 Å². The van der Waals surface area contributed by atoms with Gasteiger partial charge >= 0.3 is 5.63 Å². The van der Waals surface area contributed by atoms with Crippen LogP contribution in [0.4, 0.5) is 0 Å². The molecule has 2 N–H and O–H groups in total. The van der Waals surface area contributed by atoms with Gasteiger partial charge in [-0.15, -0.1) is 0 Å². The van der Waals surface area contributed by atoms with Crippen molar-refractivity contribution in [3.8, 4) is 5.75 Å². The van der Waals surface area contributed by atoms with Crippen molar-refractivity contribution in [1.82, 2.24) is 5.32 Å². The number of aryl methyl sites for hydroxylation is 1. The van der Waals surface area contributed by atoms with Crippen LogP contribution in [-0.2, 0) is 6.54 Å². The largest absolute Gasteiger partial charge is 0.508 e. The van der Waals surface area contributed by atoms with Crippen molar-refractivity contribution in [2.75, 3.05) is 6.54 Å². The van der Waals surface area contributed by atoms with Crippen LogP contribution in [0.2, 0.25) is 0 Å². The Balaban J connectivity index is 1.60. The molecule has 146 valence electrons. The summed E-state index contributed by atoms with van der Waals surface area (Å²) in [7, 11) is 0. The smallest absolute Gasteiger partial charge is 0.336 e. The molecule has 0 amide bonds. The molecule has 29 heavy (non-hydrogen) atoms. The van der Waals surface area contributed by atoms with Crippen LogP contribution in [0.25, 0.3) is 11.0 Å². The first-order valence-corrected chi connectivity index (χ1v) is 9.69. The van der Waals surface area contributed by atoms with Crippen molar-refractivity contribution in [3.05, 3.63) is 112 Å². The summed E-state index contributed by atoms with van der Waals surface area (Å²) >= 11 is 0. The normalized spacial score (nSPS) is 11.2. The summed E-state index contributed by atoms with van der Waals surface area (Å²) in [6, 6.07) is 25.7. The van der Waals surface area contributed by atoms with Crippen molar-refractivity contribution < 1.29 is 9.52 Å². The van der Waals surface area contributed by atoms with Gasteiger partial charge in [0.25, 0.3) is 0 Å². The molecule has 0 saturated carbocycles. The molecule has 4 nitrogen and oxygen atoms in total. The number of rotatable bonds is 6. The van der Waals surface area contributed by atoms with E-state index in [2.05, 4.69) is 53.8 Å². The number of hydrogen-bond donors (Lipinski definition) is 2. The van der Waals surface area contributed by atoms with E-state index in [4.69, 9.17) is 4.42 Å². The van der Waals surface area contributed by atoms with E-state index in [1.54, 1.807) is 19.1 Å². The number of benzene rings is 3. The van der Waals surface area contributed by atoms with E-state index in [1.165, 1.54) is 17.2 Å². The number of phenolic OH excluding ortho intramolecular Hbond substituents is 1. The summed E-state index contributed by atoms with van der Waals surface area (Å²) < 4.78 is 5.34. The molecular weight excluding hydrogens is 362 g/mol. The Bertz CT molecular complexity index is 1130. The summed E-state index contributed by atoms with van der Waals surface area (Å²) in [4.78, 5) is 12.0. The maximum Gasteiger partial charge on any atom is 0.336 e. The summed E-state index contributed by atoms with van der Waals surface area (Å²) in [5.41, 5.74) is 3.95. The zero-order valence-electron chi connectivity index (χ0n) is 16.3. The van der Waals surface area contributed by atoms with Crippen molar-refractivity contribution in [2.24, 2.45) is 0 Å². The fourth-order valence-corrected chi connectivity index (χ4v) is 3.71. The van der Waals surface area contributed by atoms with Crippen LogP contribution in [0.1, 0.15) is 28.2 Å². The lowest BCUT2D eigenvalue weighted by atomic mass is 9.91. The number of hydrogen-bond acceptors (Lipinski definition) is 4. The van der Waals surface area contributed by atoms with E-state index < -0.39 is 5.63 Å². The van der Waals surface area contributed by atoms with Crippen LogP contribution in [0.15, 0.2) is 88.1 Å². The molecule has 1 heterocycles. The average molecular weight is 385 g/mol. The topological polar surface area (TPSA) is 62.5 Å². The average Bonchev–Trinajstić information content (AvgIpc) is 2.75. The van der Waals surface area contributed by atoms with E-state index in [0.717, 1.165) is 17.5 Å². The second-order valence-corrected chi connectivity index (χ2v) is 7.18. The minimum atomic E-state index is -0.411. The Morgan fingerprint density at radius 1 is 0.931 bits per heavy atom. The third-order valence-corrected chi connectivity index (χ3v) is 5.29. The highest BCUT2D eigenvalue weighted by Gasteiger charge is 2.15. The molecule has 0 aliphatic carbocycles. The van der Waals surface area contributed by atoms with Gasteiger partial charge in [0.05, 0.1) is 0 Å². The van der Waals surface area contributed by atoms with Crippen molar-refractivity contribution in [3.63, 3.8) is 0 Å². The Labute approximate surface area is 169 Å². The number of aromatic hydroxyl groups is 1. The van der Waals surface area contributed by atoms with E-state index in [9.17, 15) is 9.90 Å². The molecule has 4 heteroatoms. The highest BCUT2D eigenvalue weighted by molar-refractivity contribution is 5.84. The minimum Gasteiger partial charge on any atom is -0.508 e. The van der Waals surface area contributed by atoms with Crippen LogP contribution in [0.5, 0.6) is 5.75 Å². The summed E-state index contributed by atoms with van der Waals surface area (Å²) in [5.74, 6) is 0.327. The molecule has 0 atom stereocenters. The Morgan fingerprint density at radius 3 is 2.17 bits per heavy atom. The van der Waals surface area contributed by atoms with E-state index >= 15 is 0 Å². The van der Waals surface area contributed by atoms with Crippen molar-refractivity contribution in [1.29, 1.82) is 0 Å². The van der Waals surface area contributed by atoms with Crippen LogP contribution in [0.3, 0.4) is 0 Å². The maximum atomic E-state index is 12.0. The van der Waals surface area contributed by atoms with Crippen LogP contribution in [-0.4, -0.2) is 11.7 Å². The predicted molar refractivity (Wildman–Crippen MR) is 115 cm³/mol. The van der Waals surface area contributed by atoms with Gasteiger partial charge in [-0.3, -0.25) is 0 Å². The van der Waals surface area contributed by atoms with Crippen LogP contribution in [0, 0.1) is 6.92 Å². The Kier molecular flexibility index (Phi) is 5.45. The van der Waals surface area contributed by atoms with Gasteiger partial charge < -0.3 is 14.8 Å². The molecule has 0 fully saturated rings. The lowest BCUT2D eigenvalue weighted by Crippen LogP contribution is -2.22. The Hall–Kier alpha value is -3.37. The predicted octanol–water partition coefficient (Wildman–Crippen LogP) is 4.73. The number of nitrogens with one attached hydrogen (secondary N) is 1. The van der Waals surface area contributed by atoms with Crippen LogP contribution < -0.4 is 10.9 Å². The Morgan fingerprint density at radius 2 is 1.55 bits per heavy atom. The van der Waals surface area contributed by atoms with Crippen molar-refractivity contribution >= 4 is 11.0 Å². The standard InChI is InChI=1S/C25H23NO3/c1-17-23(27)13-12-21-20(14-24(28)29-25(17)21)15-26-16-22(18-8-4-2-5-9-18)19-10-6-3-7-11-19/h2-14,22,26-27H,15-16H2,1H3. The zero-order valence-corrected chi connectivity index (χ0v) is 16.3. The zero-order chi connectivity index (χ0) is 20.2. The second-order valence-electron chi connectivity index (χ2n) is 7.18. The highest BCUT2D eigenvalue weighted by Crippen LogP contribution is 2.28. The molecule has 4 rings (SSSR count). The fourth-order valence-electron chi connectivity index (χ4n) is 3.71. The van der Waals surface area contributed by atoms with E-state index in [0.29, 0.717) is 17.7 Å². The molecule has 0 bridgehead atoms. The van der Waals surface area contributed by atoms with Gasteiger partial charge in [-0.25, -0.2) is 4.79 Å². The molecule has 0 aliphatic rings. The molecule has 0 spiro atoms. The first kappa shape index (κ1) is 19.0. The quantitative estimate of drug-likeness (QED) is 0.471. The summed E-state index contributed by atoms with van der Waals surface area (Å²) in [5, 5.41) is 14.3. The van der Waals surface area contributed by atoms with Gasteiger partial charge in [0.2, 0.25) is 0 Å². The third kappa shape index (κ3) is 4.08. The van der Waals surface area contributed by atoms with Gasteiger partial charge in [0, 0.05) is 36.0 Å². The molecule has 0 saturated heterocycles. The first-order chi connectivity index (χ1) is 14.1. The fraction of sp³-hybridized carbons (Fsp3) is 0.160. The molecule has 0 radical (unpaired) electrons. The minimum absolute atomic E-state index is 0.124. The van der Waals surface area contributed by atoms with Crippen LogP contribution >= 0.6 is 0 Å². The van der Waals surface area contributed by atoms with Gasteiger partial charge in [-0.05, 0) is 35.7 Å². The molecule has 0 aliphatic heterocycles. The SMILES string of the molecule is Cc1c(O)ccc2c(CNCC(c3ccccc3)c3ccccc3)cc(=O)oc12. The second kappa shape index (κ2) is 8.33. The number of phenols is 1. The van der Waals surface area contributed by atoms with E-state index in [-0.39, 0.29) is 11.7 Å².